The van der Waals surface area contributed by atoms with E-state index in [1.165, 1.54) is 0 Å². The van der Waals surface area contributed by atoms with Gasteiger partial charge >= 0.3 is 0 Å². The molecule has 126 valence electrons. The van der Waals surface area contributed by atoms with Crippen LogP contribution >= 0.6 is 0 Å². The van der Waals surface area contributed by atoms with Gasteiger partial charge in [0.2, 0.25) is 0 Å². The van der Waals surface area contributed by atoms with Crippen molar-refractivity contribution in [3.8, 4) is 5.75 Å². The van der Waals surface area contributed by atoms with Crippen molar-refractivity contribution >= 4 is 11.6 Å². The number of rotatable bonds is 4. The Hall–Kier alpha value is -3.21. The van der Waals surface area contributed by atoms with Crippen LogP contribution in [0.3, 0.4) is 0 Å². The number of ether oxygens (including phenoxy) is 1. The first-order chi connectivity index (χ1) is 12.3. The van der Waals surface area contributed by atoms with E-state index in [0.29, 0.717) is 12.1 Å². The lowest BCUT2D eigenvalue weighted by Gasteiger charge is -2.38. The largest absolute Gasteiger partial charge is 0.496 e. The van der Waals surface area contributed by atoms with Crippen molar-refractivity contribution in [2.45, 2.75) is 12.7 Å². The third kappa shape index (κ3) is 2.74. The van der Waals surface area contributed by atoms with Crippen molar-refractivity contribution in [3.05, 3.63) is 83.8 Å². The van der Waals surface area contributed by atoms with Crippen LogP contribution in [0.15, 0.2) is 71.3 Å². The zero-order chi connectivity index (χ0) is 17.2. The van der Waals surface area contributed by atoms with Crippen LogP contribution in [0.2, 0.25) is 0 Å². The number of nitrogens with zero attached hydrogens (tertiary/aromatic N) is 1. The van der Waals surface area contributed by atoms with Gasteiger partial charge in [-0.2, -0.15) is 0 Å². The molecule has 0 spiro atoms. The summed E-state index contributed by atoms with van der Waals surface area (Å²) in [5.41, 5.74) is 2.37. The van der Waals surface area contributed by atoms with Gasteiger partial charge in [-0.1, -0.05) is 30.3 Å². The van der Waals surface area contributed by atoms with E-state index in [0.717, 1.165) is 22.8 Å². The quantitative estimate of drug-likeness (QED) is 0.782. The number of hydrogen-bond acceptors (Lipinski definition) is 4. The van der Waals surface area contributed by atoms with Gasteiger partial charge in [0.05, 0.1) is 25.5 Å². The number of fused-ring (bicyclic) bond motifs is 1. The molecule has 1 atom stereocenters. The molecule has 0 saturated carbocycles. The molecule has 2 heterocycles. The number of carbonyl (C=O) groups is 1. The molecule has 0 saturated heterocycles. The SMILES string of the molecule is COc1ccccc1[C@H]1Nc2ccccc2C(=O)N1Cc1ccco1. The summed E-state index contributed by atoms with van der Waals surface area (Å²) in [5.74, 6) is 1.42. The molecule has 0 radical (unpaired) electrons. The fourth-order valence-corrected chi connectivity index (χ4v) is 3.16. The standard InChI is InChI=1S/C20H18N2O3/c1-24-18-11-5-3-9-16(18)19-21-17-10-4-2-8-15(17)20(23)22(19)13-14-7-6-12-25-14/h2-12,19,21H,13H2,1H3/t19-/m0/s1. The van der Waals surface area contributed by atoms with Crippen LogP contribution in [0.5, 0.6) is 5.75 Å². The Labute approximate surface area is 145 Å². The highest BCUT2D eigenvalue weighted by molar-refractivity contribution is 6.01. The summed E-state index contributed by atoms with van der Waals surface area (Å²) in [5, 5.41) is 3.46. The molecule has 1 aliphatic rings. The lowest BCUT2D eigenvalue weighted by atomic mass is 10.0. The van der Waals surface area contributed by atoms with Crippen LogP contribution in [0, 0.1) is 0 Å². The number of methoxy groups -OCH3 is 1. The Kier molecular flexibility index (Phi) is 3.90. The Morgan fingerprint density at radius 1 is 1.08 bits per heavy atom. The molecular weight excluding hydrogens is 316 g/mol. The summed E-state index contributed by atoms with van der Waals surface area (Å²) in [7, 11) is 1.63. The summed E-state index contributed by atoms with van der Waals surface area (Å²) in [6, 6.07) is 18.9. The summed E-state index contributed by atoms with van der Waals surface area (Å²) in [4.78, 5) is 14.9. The normalized spacial score (nSPS) is 16.3. The minimum atomic E-state index is -0.344. The highest BCUT2D eigenvalue weighted by atomic mass is 16.5. The fraction of sp³-hybridized carbons (Fsp3) is 0.150. The van der Waals surface area contributed by atoms with Crippen LogP contribution in [0.1, 0.15) is 27.8 Å². The van der Waals surface area contributed by atoms with Gasteiger partial charge in [-0.3, -0.25) is 4.79 Å². The molecule has 2 aromatic carbocycles. The van der Waals surface area contributed by atoms with E-state index in [-0.39, 0.29) is 12.1 Å². The van der Waals surface area contributed by atoms with Crippen molar-refractivity contribution in [1.82, 2.24) is 4.90 Å². The van der Waals surface area contributed by atoms with Gasteiger partial charge < -0.3 is 19.4 Å². The third-order valence-corrected chi connectivity index (χ3v) is 4.36. The second kappa shape index (κ2) is 6.36. The van der Waals surface area contributed by atoms with Crippen molar-refractivity contribution in [1.29, 1.82) is 0 Å². The maximum absolute atomic E-state index is 13.1. The molecule has 5 heteroatoms. The van der Waals surface area contributed by atoms with Crippen molar-refractivity contribution in [2.24, 2.45) is 0 Å². The summed E-state index contributed by atoms with van der Waals surface area (Å²) in [6.07, 6.45) is 1.27. The minimum Gasteiger partial charge on any atom is -0.496 e. The van der Waals surface area contributed by atoms with E-state index < -0.39 is 0 Å². The summed E-state index contributed by atoms with van der Waals surface area (Å²) in [6.45, 7) is 0.371. The first kappa shape index (κ1) is 15.3. The van der Waals surface area contributed by atoms with Gasteiger partial charge in [-0.05, 0) is 30.3 Å². The topological polar surface area (TPSA) is 54.7 Å². The third-order valence-electron chi connectivity index (χ3n) is 4.36. The predicted octanol–water partition coefficient (Wildman–Crippen LogP) is 4.05. The average Bonchev–Trinajstić information content (AvgIpc) is 3.17. The number of amides is 1. The number of nitrogens with one attached hydrogen (secondary N) is 1. The highest BCUT2D eigenvalue weighted by Gasteiger charge is 2.34. The predicted molar refractivity (Wildman–Crippen MR) is 94.4 cm³/mol. The first-order valence-corrected chi connectivity index (χ1v) is 8.10. The highest BCUT2D eigenvalue weighted by Crippen LogP contribution is 2.37. The second-order valence-corrected chi connectivity index (χ2v) is 5.85. The lowest BCUT2D eigenvalue weighted by Crippen LogP contribution is -2.42. The van der Waals surface area contributed by atoms with E-state index >= 15 is 0 Å². The van der Waals surface area contributed by atoms with Crippen molar-refractivity contribution in [2.75, 3.05) is 12.4 Å². The van der Waals surface area contributed by atoms with E-state index in [9.17, 15) is 4.79 Å². The Morgan fingerprint density at radius 2 is 1.88 bits per heavy atom. The molecule has 0 fully saturated rings. The van der Waals surface area contributed by atoms with Crippen molar-refractivity contribution < 1.29 is 13.9 Å². The number of carbonyl (C=O) groups excluding carboxylic acids is 1. The van der Waals surface area contributed by atoms with Gasteiger partial charge in [0, 0.05) is 11.3 Å². The van der Waals surface area contributed by atoms with Crippen LogP contribution < -0.4 is 10.1 Å². The molecule has 3 aromatic rings. The molecule has 5 nitrogen and oxygen atoms in total. The fourth-order valence-electron chi connectivity index (χ4n) is 3.16. The minimum absolute atomic E-state index is 0.0401. The first-order valence-electron chi connectivity index (χ1n) is 8.10. The van der Waals surface area contributed by atoms with E-state index in [2.05, 4.69) is 5.32 Å². The Balaban J connectivity index is 1.80. The Bertz CT molecular complexity index is 889. The van der Waals surface area contributed by atoms with Crippen LogP contribution in [-0.2, 0) is 6.54 Å². The van der Waals surface area contributed by atoms with Crippen LogP contribution in [0.25, 0.3) is 0 Å². The molecule has 0 aliphatic carbocycles. The molecule has 0 unspecified atom stereocenters. The van der Waals surface area contributed by atoms with Crippen LogP contribution in [0.4, 0.5) is 5.69 Å². The average molecular weight is 334 g/mol. The molecule has 0 bridgehead atoms. The van der Waals surface area contributed by atoms with Gasteiger partial charge in [-0.25, -0.2) is 0 Å². The number of furan rings is 1. The zero-order valence-electron chi connectivity index (χ0n) is 13.8. The molecule has 1 aromatic heterocycles. The van der Waals surface area contributed by atoms with E-state index in [1.807, 2.05) is 60.7 Å². The molecule has 1 N–H and O–H groups in total. The summed E-state index contributed by atoms with van der Waals surface area (Å²) < 4.78 is 11.0. The Morgan fingerprint density at radius 3 is 2.68 bits per heavy atom. The second-order valence-electron chi connectivity index (χ2n) is 5.85. The molecule has 25 heavy (non-hydrogen) atoms. The van der Waals surface area contributed by atoms with Gasteiger partial charge in [0.25, 0.3) is 5.91 Å². The molecule has 1 aliphatic heterocycles. The number of benzene rings is 2. The van der Waals surface area contributed by atoms with Gasteiger partial charge in [0.15, 0.2) is 0 Å². The van der Waals surface area contributed by atoms with E-state index in [1.54, 1.807) is 18.3 Å². The number of para-hydroxylation sites is 2. The summed E-state index contributed by atoms with van der Waals surface area (Å²) >= 11 is 0. The van der Waals surface area contributed by atoms with Crippen molar-refractivity contribution in [3.63, 3.8) is 0 Å². The lowest BCUT2D eigenvalue weighted by molar-refractivity contribution is 0.0649. The molecular formula is C20H18N2O3. The zero-order valence-corrected chi connectivity index (χ0v) is 13.8. The smallest absolute Gasteiger partial charge is 0.258 e. The maximum atomic E-state index is 13.1. The van der Waals surface area contributed by atoms with Gasteiger partial charge in [-0.15, -0.1) is 0 Å². The van der Waals surface area contributed by atoms with Gasteiger partial charge in [0.1, 0.15) is 17.7 Å². The number of anilines is 1. The molecule has 4 rings (SSSR count). The van der Waals surface area contributed by atoms with E-state index in [4.69, 9.17) is 9.15 Å². The molecule has 1 amide bonds. The monoisotopic (exact) mass is 334 g/mol. The van der Waals surface area contributed by atoms with Crippen LogP contribution in [-0.4, -0.2) is 17.9 Å². The number of hydrogen-bond donors (Lipinski definition) is 1. The maximum Gasteiger partial charge on any atom is 0.258 e.